The Balaban J connectivity index is 0.000000570. The van der Waals surface area contributed by atoms with E-state index in [-0.39, 0.29) is 5.41 Å². The maximum atomic E-state index is 12.6. The topological polar surface area (TPSA) is 34.1 Å². The third-order valence-corrected chi connectivity index (χ3v) is 7.29. The lowest BCUT2D eigenvalue weighted by Crippen LogP contribution is -2.48. The Bertz CT molecular complexity index is 585. The van der Waals surface area contributed by atoms with E-state index in [0.29, 0.717) is 41.7 Å². The van der Waals surface area contributed by atoms with Crippen LogP contribution in [0, 0.1) is 29.1 Å². The molecule has 0 aromatic heterocycles. The number of carbonyl (C=O) groups is 2. The number of hydrogen-bond donors (Lipinski definition) is 0. The first-order valence-electron chi connectivity index (χ1n) is 11.0. The van der Waals surface area contributed by atoms with E-state index in [0.717, 1.165) is 44.9 Å². The van der Waals surface area contributed by atoms with Gasteiger partial charge in [-0.05, 0) is 68.3 Å². The Morgan fingerprint density at radius 2 is 1.73 bits per heavy atom. The van der Waals surface area contributed by atoms with Crippen molar-refractivity contribution in [3.8, 4) is 0 Å². The van der Waals surface area contributed by atoms with Gasteiger partial charge in [0.05, 0.1) is 0 Å². The molecule has 0 aliphatic heterocycles. The molecule has 0 heterocycles. The van der Waals surface area contributed by atoms with Crippen LogP contribution in [0.5, 0.6) is 0 Å². The van der Waals surface area contributed by atoms with Gasteiger partial charge in [0.1, 0.15) is 5.78 Å². The molecule has 2 heteroatoms. The maximum absolute atomic E-state index is 12.6. The second kappa shape index (κ2) is 8.67. The summed E-state index contributed by atoms with van der Waals surface area (Å²) in [7, 11) is 0. The number of carbonyl (C=O) groups excluding carboxylic acids is 2. The van der Waals surface area contributed by atoms with Crippen LogP contribution in [-0.4, -0.2) is 11.6 Å². The summed E-state index contributed by atoms with van der Waals surface area (Å²) in [5.41, 5.74) is 2.60. The highest BCUT2D eigenvalue weighted by Crippen LogP contribution is 2.63. The number of hydrogen-bond acceptors (Lipinski definition) is 2. The molecule has 0 radical (unpaired) electrons. The van der Waals surface area contributed by atoms with Gasteiger partial charge in [-0.2, -0.15) is 0 Å². The molecule has 3 saturated carbocycles. The van der Waals surface area contributed by atoms with Gasteiger partial charge in [0.15, 0.2) is 5.78 Å². The Morgan fingerprint density at radius 3 is 2.38 bits per heavy atom. The third kappa shape index (κ3) is 3.25. The van der Waals surface area contributed by atoms with Crippen LogP contribution in [-0.2, 0) is 9.59 Å². The fraction of sp³-hybridized carbons (Fsp3) is 0.750. The normalized spacial score (nSPS) is 37.9. The summed E-state index contributed by atoms with van der Waals surface area (Å²) in [6, 6.07) is 0. The summed E-state index contributed by atoms with van der Waals surface area (Å²) in [4.78, 5) is 24.3. The van der Waals surface area contributed by atoms with Crippen molar-refractivity contribution in [1.29, 1.82) is 0 Å². The molecule has 4 rings (SSSR count). The van der Waals surface area contributed by atoms with E-state index in [2.05, 4.69) is 13.5 Å². The van der Waals surface area contributed by atoms with Gasteiger partial charge in [-0.15, -0.1) is 0 Å². The van der Waals surface area contributed by atoms with Crippen molar-refractivity contribution in [3.63, 3.8) is 0 Å². The molecule has 0 saturated heterocycles. The van der Waals surface area contributed by atoms with E-state index >= 15 is 0 Å². The Morgan fingerprint density at radius 1 is 1.04 bits per heavy atom. The van der Waals surface area contributed by atoms with E-state index in [1.165, 1.54) is 11.1 Å². The standard InChI is InChI=1S/C20H26O2.2C2H6/c1-3-20-11-12(2)19-15-7-5-14(21)10-13(15)4-6-16(19)17(20)8-9-18(20)22;2*1-2/h10,15-17,19H,2-9,11H2,1H3;2*1-2H3. The van der Waals surface area contributed by atoms with E-state index in [1.54, 1.807) is 0 Å². The van der Waals surface area contributed by atoms with Gasteiger partial charge < -0.3 is 0 Å². The lowest BCUT2D eigenvalue weighted by Gasteiger charge is -2.53. The zero-order valence-electron chi connectivity index (χ0n) is 17.6. The molecule has 0 aromatic carbocycles. The highest BCUT2D eigenvalue weighted by molar-refractivity contribution is 5.91. The fourth-order valence-electron chi connectivity index (χ4n) is 6.37. The summed E-state index contributed by atoms with van der Waals surface area (Å²) in [5, 5.41) is 0. The van der Waals surface area contributed by atoms with Crippen LogP contribution >= 0.6 is 0 Å². The SMILES string of the molecule is C=C1CC2(CC)C(=O)CCC2C2CCC3=CC(=O)CCC3C12.CC.CC. The van der Waals surface area contributed by atoms with Crippen LogP contribution < -0.4 is 0 Å². The van der Waals surface area contributed by atoms with E-state index in [9.17, 15) is 9.59 Å². The Kier molecular flexibility index (Phi) is 7.05. The maximum Gasteiger partial charge on any atom is 0.155 e. The van der Waals surface area contributed by atoms with E-state index in [1.807, 2.05) is 33.8 Å². The molecule has 0 N–H and O–H groups in total. The molecule has 3 fully saturated rings. The minimum Gasteiger partial charge on any atom is -0.299 e. The summed E-state index contributed by atoms with van der Waals surface area (Å²) in [5.74, 6) is 3.07. The summed E-state index contributed by atoms with van der Waals surface area (Å²) in [6.45, 7) is 14.6. The Hall–Kier alpha value is -1.18. The average Bonchev–Trinajstić information content (AvgIpc) is 3.01. The van der Waals surface area contributed by atoms with Gasteiger partial charge in [-0.1, -0.05) is 52.3 Å². The van der Waals surface area contributed by atoms with Crippen molar-refractivity contribution in [2.75, 3.05) is 0 Å². The minimum atomic E-state index is -0.0933. The number of ketones is 2. The first-order chi connectivity index (χ1) is 12.6. The molecule has 0 aromatic rings. The molecule has 26 heavy (non-hydrogen) atoms. The highest BCUT2D eigenvalue weighted by atomic mass is 16.1. The number of fused-ring (bicyclic) bond motifs is 5. The van der Waals surface area contributed by atoms with Crippen LogP contribution in [0.15, 0.2) is 23.8 Å². The van der Waals surface area contributed by atoms with Crippen molar-refractivity contribution >= 4 is 11.6 Å². The lowest BCUT2D eigenvalue weighted by atomic mass is 9.50. The van der Waals surface area contributed by atoms with Crippen LogP contribution in [0.2, 0.25) is 0 Å². The van der Waals surface area contributed by atoms with Crippen LogP contribution in [0.1, 0.15) is 86.0 Å². The molecule has 0 amide bonds. The molecule has 5 unspecified atom stereocenters. The average molecular weight is 359 g/mol. The van der Waals surface area contributed by atoms with Gasteiger partial charge in [-0.3, -0.25) is 9.59 Å². The predicted octanol–water partition coefficient (Wildman–Crippen LogP) is 6.31. The predicted molar refractivity (Wildman–Crippen MR) is 109 cm³/mol. The molecule has 4 aliphatic carbocycles. The van der Waals surface area contributed by atoms with Crippen molar-refractivity contribution in [1.82, 2.24) is 0 Å². The monoisotopic (exact) mass is 358 g/mol. The van der Waals surface area contributed by atoms with Crippen LogP contribution in [0.4, 0.5) is 0 Å². The Labute approximate surface area is 160 Å². The minimum absolute atomic E-state index is 0.0933. The molecule has 0 bridgehead atoms. The quantitative estimate of drug-likeness (QED) is 0.515. The summed E-state index contributed by atoms with van der Waals surface area (Å²) >= 11 is 0. The van der Waals surface area contributed by atoms with Crippen molar-refractivity contribution in [3.05, 3.63) is 23.8 Å². The second-order valence-corrected chi connectivity index (χ2v) is 7.97. The van der Waals surface area contributed by atoms with E-state index < -0.39 is 0 Å². The van der Waals surface area contributed by atoms with Crippen molar-refractivity contribution in [2.24, 2.45) is 29.1 Å². The molecule has 2 nitrogen and oxygen atoms in total. The largest absolute Gasteiger partial charge is 0.299 e. The summed E-state index contributed by atoms with van der Waals surface area (Å²) in [6.07, 6.45) is 9.61. The van der Waals surface area contributed by atoms with Crippen LogP contribution in [0.25, 0.3) is 0 Å². The number of rotatable bonds is 1. The van der Waals surface area contributed by atoms with Crippen molar-refractivity contribution < 1.29 is 9.59 Å². The van der Waals surface area contributed by atoms with Gasteiger partial charge in [-0.25, -0.2) is 0 Å². The molecular weight excluding hydrogens is 320 g/mol. The molecule has 5 atom stereocenters. The molecule has 146 valence electrons. The summed E-state index contributed by atoms with van der Waals surface area (Å²) < 4.78 is 0. The van der Waals surface area contributed by atoms with Gasteiger partial charge in [0, 0.05) is 18.3 Å². The van der Waals surface area contributed by atoms with Gasteiger partial charge in [0.25, 0.3) is 0 Å². The van der Waals surface area contributed by atoms with E-state index in [4.69, 9.17) is 0 Å². The fourth-order valence-corrected chi connectivity index (χ4v) is 6.37. The van der Waals surface area contributed by atoms with Crippen molar-refractivity contribution in [2.45, 2.75) is 86.0 Å². The van der Waals surface area contributed by atoms with Gasteiger partial charge in [0.2, 0.25) is 0 Å². The van der Waals surface area contributed by atoms with Gasteiger partial charge >= 0.3 is 0 Å². The van der Waals surface area contributed by atoms with Crippen LogP contribution in [0.3, 0.4) is 0 Å². The first kappa shape index (κ1) is 21.1. The third-order valence-electron chi connectivity index (χ3n) is 7.29. The molecule has 4 aliphatic rings. The first-order valence-corrected chi connectivity index (χ1v) is 11.0. The number of Topliss-reactive ketones (excluding diaryl/α,β-unsaturated/α-hetero) is 1. The zero-order chi connectivity index (χ0) is 19.5. The lowest BCUT2D eigenvalue weighted by molar-refractivity contribution is -0.130. The number of allylic oxidation sites excluding steroid dienone is 2. The molecule has 0 spiro atoms. The zero-order valence-corrected chi connectivity index (χ0v) is 17.6. The molecular formula is C24H38O2. The smallest absolute Gasteiger partial charge is 0.155 e. The second-order valence-electron chi connectivity index (χ2n) is 7.97. The highest BCUT2D eigenvalue weighted by Gasteiger charge is 2.58.